The molecule has 2 fully saturated rings. The van der Waals surface area contributed by atoms with Crippen LogP contribution in [0.25, 0.3) is 0 Å². The van der Waals surface area contributed by atoms with E-state index in [-0.39, 0.29) is 71.9 Å². The average Bonchev–Trinajstić information content (AvgIpc) is 3.11. The molecule has 2 saturated heterocycles. The molecule has 0 atom stereocenters. The van der Waals surface area contributed by atoms with Crippen LogP contribution < -0.4 is 9.80 Å². The van der Waals surface area contributed by atoms with Crippen LogP contribution in [-0.2, 0) is 14.3 Å². The van der Waals surface area contributed by atoms with Crippen LogP contribution in [0.3, 0.4) is 0 Å². The molecule has 19 heteroatoms. The van der Waals surface area contributed by atoms with Crippen molar-refractivity contribution in [2.24, 2.45) is 0 Å². The molecule has 2 aliphatic rings. The minimum absolute atomic E-state index is 0.0285. The lowest BCUT2D eigenvalue weighted by atomic mass is 10.0. The molecule has 0 aliphatic carbocycles. The fraction of sp³-hybridized carbons (Fsp3) is 0.471. The van der Waals surface area contributed by atoms with Crippen LogP contribution >= 0.6 is 136 Å². The molecular weight excluding hydrogens is 1370 g/mol. The first-order valence-electron chi connectivity index (χ1n) is 16.6. The van der Waals surface area contributed by atoms with E-state index in [1.165, 1.54) is 23.9 Å². The lowest BCUT2D eigenvalue weighted by Gasteiger charge is -2.30. The van der Waals surface area contributed by atoms with Gasteiger partial charge in [-0.05, 0) is 174 Å². The number of carbonyl (C=O) groups excluding carboxylic acids is 4. The standard InChI is InChI=1S/C34H36I6N4O9/c1-41(29-25(37)19(23(35)21(27(29)39)33(49)50)31(47)43-11-5-3-6-12-43)17(45)9-15-53-16-10-18(46)42(2)30-26(38)20(24(36)22(28(30)40)34(51)52)32(48)44-13-7-4-8-14-44/h3-16H2,1-2H3,(H,49,50)(H,51,52). The van der Waals surface area contributed by atoms with Crippen LogP contribution in [0, 0.1) is 21.4 Å². The second-order valence-corrected chi connectivity index (χ2v) is 18.9. The van der Waals surface area contributed by atoms with Gasteiger partial charge in [-0.2, -0.15) is 0 Å². The number of benzene rings is 2. The van der Waals surface area contributed by atoms with Gasteiger partial charge in [0.15, 0.2) is 0 Å². The Morgan fingerprint density at radius 3 is 1.13 bits per heavy atom. The third-order valence-electron chi connectivity index (χ3n) is 9.07. The third-order valence-corrected chi connectivity index (χ3v) is 15.4. The van der Waals surface area contributed by atoms with E-state index in [9.17, 15) is 39.0 Å². The maximum atomic E-state index is 13.6. The Hall–Kier alpha value is -0.400. The molecule has 0 aromatic heterocycles. The second-order valence-electron chi connectivity index (χ2n) is 12.4. The highest BCUT2D eigenvalue weighted by Gasteiger charge is 2.34. The molecule has 0 spiro atoms. The Morgan fingerprint density at radius 1 is 0.528 bits per heavy atom. The van der Waals surface area contributed by atoms with E-state index in [0.717, 1.165) is 38.5 Å². The fourth-order valence-corrected chi connectivity index (χ4v) is 15.8. The van der Waals surface area contributed by atoms with E-state index in [2.05, 4.69) is 0 Å². The molecule has 0 saturated carbocycles. The molecule has 288 valence electrons. The Morgan fingerprint density at radius 2 is 0.830 bits per heavy atom. The van der Waals surface area contributed by atoms with Crippen LogP contribution in [0.15, 0.2) is 0 Å². The molecule has 2 N–H and O–H groups in total. The van der Waals surface area contributed by atoms with E-state index < -0.39 is 11.9 Å². The summed E-state index contributed by atoms with van der Waals surface area (Å²) in [5, 5.41) is 20.2. The number of aromatic carboxylic acids is 2. The second kappa shape index (κ2) is 20.3. The number of carbonyl (C=O) groups is 6. The van der Waals surface area contributed by atoms with Gasteiger partial charge in [0, 0.05) is 47.4 Å². The van der Waals surface area contributed by atoms with Crippen molar-refractivity contribution in [1.82, 2.24) is 9.80 Å². The first-order chi connectivity index (χ1) is 25.0. The van der Waals surface area contributed by atoms with E-state index in [0.29, 0.717) is 59.0 Å². The van der Waals surface area contributed by atoms with Crippen molar-refractivity contribution in [1.29, 1.82) is 0 Å². The van der Waals surface area contributed by atoms with E-state index in [4.69, 9.17) is 4.74 Å². The molecule has 0 bridgehead atoms. The van der Waals surface area contributed by atoms with Crippen LogP contribution in [0.2, 0.25) is 0 Å². The lowest BCUT2D eigenvalue weighted by molar-refractivity contribution is -0.120. The van der Waals surface area contributed by atoms with Crippen LogP contribution in [0.1, 0.15) is 92.8 Å². The molecule has 0 radical (unpaired) electrons. The van der Waals surface area contributed by atoms with Crippen molar-refractivity contribution in [2.45, 2.75) is 51.4 Å². The van der Waals surface area contributed by atoms with Gasteiger partial charge in [0.05, 0.1) is 74.0 Å². The first-order valence-corrected chi connectivity index (χ1v) is 23.1. The van der Waals surface area contributed by atoms with Gasteiger partial charge in [0.1, 0.15) is 0 Å². The molecule has 2 aromatic carbocycles. The number of ether oxygens (including phenoxy) is 1. The zero-order valence-electron chi connectivity index (χ0n) is 28.7. The molecular formula is C34H36I6N4O9. The van der Waals surface area contributed by atoms with Crippen molar-refractivity contribution in [3.8, 4) is 0 Å². The maximum Gasteiger partial charge on any atom is 0.337 e. The minimum atomic E-state index is -1.19. The summed E-state index contributed by atoms with van der Waals surface area (Å²) in [5.41, 5.74) is 1.16. The van der Waals surface area contributed by atoms with Gasteiger partial charge in [0.25, 0.3) is 11.8 Å². The number of hydrogen-bond acceptors (Lipinski definition) is 7. The van der Waals surface area contributed by atoms with Gasteiger partial charge in [-0.3, -0.25) is 19.2 Å². The fourth-order valence-electron chi connectivity index (χ4n) is 6.16. The Labute approximate surface area is 389 Å². The molecule has 53 heavy (non-hydrogen) atoms. The lowest BCUT2D eigenvalue weighted by Crippen LogP contribution is -2.38. The normalized spacial score (nSPS) is 14.6. The predicted octanol–water partition coefficient (Wildman–Crippen LogP) is 7.39. The molecule has 2 aliphatic heterocycles. The highest BCUT2D eigenvalue weighted by molar-refractivity contribution is 14.1. The SMILES string of the molecule is CN(C(=O)CCOCCC(=O)N(C)c1c(I)c(C(=O)O)c(I)c(C(=O)N2CCCCC2)c1I)c1c(I)c(C(=O)O)c(I)c(C(=O)N2CCCCC2)c1I. The van der Waals surface area contributed by atoms with Crippen LogP contribution in [0.4, 0.5) is 11.4 Å². The summed E-state index contributed by atoms with van der Waals surface area (Å²) in [7, 11) is 3.07. The Bertz CT molecular complexity index is 1700. The molecule has 2 heterocycles. The number of hydrogen-bond donors (Lipinski definition) is 2. The monoisotopic (exact) mass is 1410 g/mol. The van der Waals surface area contributed by atoms with E-state index >= 15 is 0 Å². The maximum absolute atomic E-state index is 13.6. The van der Waals surface area contributed by atoms with Gasteiger partial charge < -0.3 is 34.5 Å². The molecule has 4 amide bonds. The highest BCUT2D eigenvalue weighted by Crippen LogP contribution is 2.40. The topological polar surface area (TPSA) is 165 Å². The van der Waals surface area contributed by atoms with Gasteiger partial charge in [-0.15, -0.1) is 0 Å². The van der Waals surface area contributed by atoms with Crippen molar-refractivity contribution in [3.63, 3.8) is 0 Å². The summed E-state index contributed by atoms with van der Waals surface area (Å²) in [5.74, 6) is -3.63. The highest BCUT2D eigenvalue weighted by atomic mass is 127. The zero-order chi connectivity index (χ0) is 39.3. The van der Waals surface area contributed by atoms with Crippen LogP contribution in [-0.4, -0.2) is 109 Å². The summed E-state index contributed by atoms with van der Waals surface area (Å²) in [4.78, 5) is 85.0. The summed E-state index contributed by atoms with van der Waals surface area (Å²) >= 11 is 11.7. The number of likely N-dealkylation sites (tertiary alicyclic amines) is 2. The number of anilines is 2. The average molecular weight is 1410 g/mol. The number of carboxylic acids is 2. The number of piperidine rings is 2. The van der Waals surface area contributed by atoms with Crippen molar-refractivity contribution in [2.75, 3.05) is 63.3 Å². The minimum Gasteiger partial charge on any atom is -0.478 e. The first kappa shape index (κ1) is 45.3. The summed E-state index contributed by atoms with van der Waals surface area (Å²) < 4.78 is 8.04. The Balaban J connectivity index is 1.45. The number of rotatable bonds is 12. The van der Waals surface area contributed by atoms with Crippen molar-refractivity contribution >= 4 is 182 Å². The smallest absolute Gasteiger partial charge is 0.337 e. The van der Waals surface area contributed by atoms with Gasteiger partial charge in [-0.25, -0.2) is 9.59 Å². The van der Waals surface area contributed by atoms with Gasteiger partial charge in [0.2, 0.25) is 11.8 Å². The van der Waals surface area contributed by atoms with E-state index in [1.54, 1.807) is 9.80 Å². The molecule has 4 rings (SSSR count). The molecule has 13 nitrogen and oxygen atoms in total. The summed E-state index contributed by atoms with van der Waals surface area (Å²) in [6.07, 6.45) is 5.40. The number of carboxylic acid groups (broad SMARTS) is 2. The molecule has 0 unspecified atom stereocenters. The number of nitrogens with zero attached hydrogens (tertiary/aromatic N) is 4. The summed E-state index contributed by atoms with van der Waals surface area (Å²) in [6, 6.07) is 0. The summed E-state index contributed by atoms with van der Waals surface area (Å²) in [6.45, 7) is 2.30. The van der Waals surface area contributed by atoms with Crippen molar-refractivity contribution in [3.05, 3.63) is 43.7 Å². The van der Waals surface area contributed by atoms with E-state index in [1.807, 2.05) is 136 Å². The molecule has 2 aromatic rings. The largest absolute Gasteiger partial charge is 0.478 e. The predicted molar refractivity (Wildman–Crippen MR) is 249 cm³/mol. The quantitative estimate of drug-likeness (QED) is 0.163. The van der Waals surface area contributed by atoms with Crippen LogP contribution in [0.5, 0.6) is 0 Å². The third kappa shape index (κ3) is 10.2. The number of amides is 4. The van der Waals surface area contributed by atoms with Gasteiger partial charge >= 0.3 is 11.9 Å². The number of halogens is 6. The van der Waals surface area contributed by atoms with Crippen molar-refractivity contribution < 1.29 is 43.7 Å². The Kier molecular flexibility index (Phi) is 17.4. The zero-order valence-corrected chi connectivity index (χ0v) is 41.7. The van der Waals surface area contributed by atoms with Gasteiger partial charge in [-0.1, -0.05) is 0 Å².